The third-order valence-corrected chi connectivity index (χ3v) is 4.19. The third-order valence-electron chi connectivity index (χ3n) is 2.29. The number of hydrogen-bond acceptors (Lipinski definition) is 4. The quantitative estimate of drug-likeness (QED) is 0.798. The van der Waals surface area contributed by atoms with Crippen molar-refractivity contribution >= 4 is 22.7 Å². The maximum Gasteiger partial charge on any atom is 0.0928 e. The summed E-state index contributed by atoms with van der Waals surface area (Å²) in [6.45, 7) is 4.11. The first-order chi connectivity index (χ1) is 7.84. The standard InChI is InChI=1S/C12H16N2S2/c1-10-9-16-12(14-10)5-2-6-13-8-11-4-3-7-15-11/h3-4,7,9,13H,2,5-6,8H2,1H3. The van der Waals surface area contributed by atoms with Gasteiger partial charge in [0.15, 0.2) is 0 Å². The molecule has 2 rings (SSSR count). The molecule has 0 aliphatic heterocycles. The molecule has 1 N–H and O–H groups in total. The highest BCUT2D eigenvalue weighted by molar-refractivity contribution is 7.10. The van der Waals surface area contributed by atoms with Crippen LogP contribution in [0.5, 0.6) is 0 Å². The molecule has 0 aromatic carbocycles. The van der Waals surface area contributed by atoms with E-state index in [1.807, 2.05) is 11.3 Å². The molecule has 0 spiro atoms. The number of rotatable bonds is 6. The number of thiophene rings is 1. The molecule has 0 bridgehead atoms. The molecule has 4 heteroatoms. The molecule has 0 aliphatic carbocycles. The molecule has 0 amide bonds. The largest absolute Gasteiger partial charge is 0.312 e. The second-order valence-electron chi connectivity index (χ2n) is 3.74. The van der Waals surface area contributed by atoms with Gasteiger partial charge in [-0.3, -0.25) is 0 Å². The van der Waals surface area contributed by atoms with E-state index in [0.29, 0.717) is 0 Å². The fourth-order valence-corrected chi connectivity index (χ4v) is 3.00. The third kappa shape index (κ3) is 3.70. The van der Waals surface area contributed by atoms with Crippen LogP contribution in [0, 0.1) is 6.92 Å². The van der Waals surface area contributed by atoms with E-state index in [0.717, 1.165) is 25.2 Å². The lowest BCUT2D eigenvalue weighted by atomic mass is 10.3. The van der Waals surface area contributed by atoms with Crippen molar-refractivity contribution in [3.8, 4) is 0 Å². The molecule has 0 saturated heterocycles. The van der Waals surface area contributed by atoms with Gasteiger partial charge in [0.2, 0.25) is 0 Å². The number of aryl methyl sites for hydroxylation is 2. The van der Waals surface area contributed by atoms with Crippen LogP contribution in [0.2, 0.25) is 0 Å². The summed E-state index contributed by atoms with van der Waals surface area (Å²) in [5.74, 6) is 0. The van der Waals surface area contributed by atoms with Gasteiger partial charge in [-0.05, 0) is 31.3 Å². The highest BCUT2D eigenvalue weighted by atomic mass is 32.1. The zero-order valence-corrected chi connectivity index (χ0v) is 11.0. The van der Waals surface area contributed by atoms with Gasteiger partial charge in [-0.25, -0.2) is 4.98 Å². The Bertz CT molecular complexity index is 406. The minimum Gasteiger partial charge on any atom is -0.312 e. The first-order valence-corrected chi connectivity index (χ1v) is 7.24. The average Bonchev–Trinajstić information content (AvgIpc) is 2.89. The lowest BCUT2D eigenvalue weighted by Gasteiger charge is -2.01. The first-order valence-electron chi connectivity index (χ1n) is 5.49. The van der Waals surface area contributed by atoms with Gasteiger partial charge in [-0.1, -0.05) is 6.07 Å². The highest BCUT2D eigenvalue weighted by Crippen LogP contribution is 2.10. The molecule has 86 valence electrons. The van der Waals surface area contributed by atoms with Crippen molar-refractivity contribution in [3.05, 3.63) is 38.5 Å². The summed E-state index contributed by atoms with van der Waals surface area (Å²) in [5.41, 5.74) is 1.14. The molecule has 0 unspecified atom stereocenters. The zero-order chi connectivity index (χ0) is 11.2. The SMILES string of the molecule is Cc1csc(CCCNCc2cccs2)n1. The van der Waals surface area contributed by atoms with Crippen molar-refractivity contribution in [1.29, 1.82) is 0 Å². The highest BCUT2D eigenvalue weighted by Gasteiger charge is 1.98. The van der Waals surface area contributed by atoms with Gasteiger partial charge in [0.25, 0.3) is 0 Å². The van der Waals surface area contributed by atoms with E-state index >= 15 is 0 Å². The molecule has 16 heavy (non-hydrogen) atoms. The summed E-state index contributed by atoms with van der Waals surface area (Å²) < 4.78 is 0. The molecule has 2 aromatic rings. The van der Waals surface area contributed by atoms with E-state index in [4.69, 9.17) is 0 Å². The number of thiazole rings is 1. The van der Waals surface area contributed by atoms with Crippen molar-refractivity contribution in [2.24, 2.45) is 0 Å². The summed E-state index contributed by atoms with van der Waals surface area (Å²) in [6, 6.07) is 4.27. The molecule has 2 aromatic heterocycles. The van der Waals surface area contributed by atoms with E-state index in [2.05, 4.69) is 40.1 Å². The van der Waals surface area contributed by atoms with Crippen molar-refractivity contribution < 1.29 is 0 Å². The fourth-order valence-electron chi connectivity index (χ4n) is 1.51. The lowest BCUT2D eigenvalue weighted by Crippen LogP contribution is -2.14. The zero-order valence-electron chi connectivity index (χ0n) is 9.40. The van der Waals surface area contributed by atoms with Crippen molar-refractivity contribution in [3.63, 3.8) is 0 Å². The Morgan fingerprint density at radius 2 is 2.31 bits per heavy atom. The van der Waals surface area contributed by atoms with Crippen LogP contribution in [0.25, 0.3) is 0 Å². The molecular formula is C12H16N2S2. The summed E-state index contributed by atoms with van der Waals surface area (Å²) in [5, 5.41) is 8.95. The Morgan fingerprint density at radius 3 is 3.00 bits per heavy atom. The van der Waals surface area contributed by atoms with Crippen LogP contribution in [-0.4, -0.2) is 11.5 Å². The Balaban J connectivity index is 1.59. The van der Waals surface area contributed by atoms with E-state index in [1.54, 1.807) is 11.3 Å². The van der Waals surface area contributed by atoms with E-state index < -0.39 is 0 Å². The van der Waals surface area contributed by atoms with Gasteiger partial charge in [-0.2, -0.15) is 0 Å². The second-order valence-corrected chi connectivity index (χ2v) is 5.72. The molecular weight excluding hydrogens is 236 g/mol. The van der Waals surface area contributed by atoms with Gasteiger partial charge < -0.3 is 5.32 Å². The van der Waals surface area contributed by atoms with Gasteiger partial charge in [0, 0.05) is 28.9 Å². The molecule has 0 radical (unpaired) electrons. The topological polar surface area (TPSA) is 24.9 Å². The molecule has 0 fully saturated rings. The Morgan fingerprint density at radius 1 is 1.38 bits per heavy atom. The van der Waals surface area contributed by atoms with Crippen molar-refractivity contribution in [2.75, 3.05) is 6.54 Å². The first kappa shape index (κ1) is 11.8. The normalized spacial score (nSPS) is 10.8. The maximum atomic E-state index is 4.45. The number of nitrogens with one attached hydrogen (secondary N) is 1. The number of nitrogens with zero attached hydrogens (tertiary/aromatic N) is 1. The lowest BCUT2D eigenvalue weighted by molar-refractivity contribution is 0.653. The monoisotopic (exact) mass is 252 g/mol. The van der Waals surface area contributed by atoms with Crippen LogP contribution >= 0.6 is 22.7 Å². The molecule has 2 heterocycles. The van der Waals surface area contributed by atoms with Crippen molar-refractivity contribution in [1.82, 2.24) is 10.3 Å². The maximum absolute atomic E-state index is 4.45. The summed E-state index contributed by atoms with van der Waals surface area (Å²) in [7, 11) is 0. The second kappa shape index (κ2) is 6.13. The van der Waals surface area contributed by atoms with Gasteiger partial charge in [0.05, 0.1) is 5.01 Å². The Labute approximate surface area is 104 Å². The average molecular weight is 252 g/mol. The van der Waals surface area contributed by atoms with E-state index in [9.17, 15) is 0 Å². The molecule has 0 saturated carbocycles. The fraction of sp³-hybridized carbons (Fsp3) is 0.417. The minimum absolute atomic E-state index is 0.995. The molecule has 0 aliphatic rings. The summed E-state index contributed by atoms with van der Waals surface area (Å²) >= 11 is 3.58. The Hall–Kier alpha value is -0.710. The van der Waals surface area contributed by atoms with E-state index in [1.165, 1.54) is 16.3 Å². The summed E-state index contributed by atoms with van der Waals surface area (Å²) in [6.07, 6.45) is 2.26. The van der Waals surface area contributed by atoms with Crippen LogP contribution in [0.15, 0.2) is 22.9 Å². The van der Waals surface area contributed by atoms with E-state index in [-0.39, 0.29) is 0 Å². The van der Waals surface area contributed by atoms with Crippen LogP contribution in [0.1, 0.15) is 22.0 Å². The van der Waals surface area contributed by atoms with Crippen molar-refractivity contribution in [2.45, 2.75) is 26.3 Å². The number of hydrogen-bond donors (Lipinski definition) is 1. The van der Waals surface area contributed by atoms with Crippen LogP contribution in [0.4, 0.5) is 0 Å². The van der Waals surface area contributed by atoms with Crippen LogP contribution in [-0.2, 0) is 13.0 Å². The van der Waals surface area contributed by atoms with Gasteiger partial charge in [-0.15, -0.1) is 22.7 Å². The molecule has 2 nitrogen and oxygen atoms in total. The Kier molecular flexibility index (Phi) is 4.51. The molecule has 0 atom stereocenters. The van der Waals surface area contributed by atoms with Gasteiger partial charge >= 0.3 is 0 Å². The summed E-state index contributed by atoms with van der Waals surface area (Å²) in [4.78, 5) is 5.86. The predicted molar refractivity (Wildman–Crippen MR) is 71.2 cm³/mol. The predicted octanol–water partition coefficient (Wildman–Crippen LogP) is 3.24. The van der Waals surface area contributed by atoms with Crippen LogP contribution < -0.4 is 5.32 Å². The van der Waals surface area contributed by atoms with Crippen LogP contribution in [0.3, 0.4) is 0 Å². The van der Waals surface area contributed by atoms with Gasteiger partial charge in [0.1, 0.15) is 0 Å². The smallest absolute Gasteiger partial charge is 0.0928 e. The number of aromatic nitrogens is 1. The minimum atomic E-state index is 0.995.